The van der Waals surface area contributed by atoms with Crippen LogP contribution in [0.3, 0.4) is 0 Å². The van der Waals surface area contributed by atoms with Crippen molar-refractivity contribution in [3.8, 4) is 28.5 Å². The second kappa shape index (κ2) is 9.66. The molecular formula is C27H30N10O. The van der Waals surface area contributed by atoms with E-state index in [0.29, 0.717) is 17.2 Å². The van der Waals surface area contributed by atoms with Gasteiger partial charge in [0, 0.05) is 44.1 Å². The van der Waals surface area contributed by atoms with Crippen molar-refractivity contribution in [2.24, 2.45) is 0 Å². The maximum absolute atomic E-state index is 6.21. The second-order valence-electron chi connectivity index (χ2n) is 10.0. The molecule has 2 saturated heterocycles. The Labute approximate surface area is 219 Å². The van der Waals surface area contributed by atoms with Crippen LogP contribution in [0.4, 0.5) is 5.69 Å². The van der Waals surface area contributed by atoms with Crippen LogP contribution in [0, 0.1) is 0 Å². The van der Waals surface area contributed by atoms with E-state index in [1.807, 2.05) is 30.6 Å². The van der Waals surface area contributed by atoms with Gasteiger partial charge in [0.15, 0.2) is 17.2 Å². The van der Waals surface area contributed by atoms with Crippen molar-refractivity contribution in [2.75, 3.05) is 51.2 Å². The Balaban J connectivity index is 1.22. The van der Waals surface area contributed by atoms with Gasteiger partial charge in [-0.15, -0.1) is 0 Å². The van der Waals surface area contributed by atoms with E-state index in [9.17, 15) is 0 Å². The summed E-state index contributed by atoms with van der Waals surface area (Å²) in [6, 6.07) is 8.03. The predicted molar refractivity (Wildman–Crippen MR) is 146 cm³/mol. The quantitative estimate of drug-likeness (QED) is 0.327. The number of fused-ring (bicyclic) bond motifs is 2. The lowest BCUT2D eigenvalue weighted by Gasteiger charge is -2.34. The number of H-pyrrole nitrogens is 2. The van der Waals surface area contributed by atoms with E-state index in [0.717, 1.165) is 91.4 Å². The Morgan fingerprint density at radius 3 is 2.74 bits per heavy atom. The van der Waals surface area contributed by atoms with E-state index in [-0.39, 0.29) is 6.10 Å². The summed E-state index contributed by atoms with van der Waals surface area (Å²) in [6.07, 6.45) is 7.61. The number of aromatic amines is 2. The van der Waals surface area contributed by atoms with Gasteiger partial charge in [-0.2, -0.15) is 5.10 Å². The first kappa shape index (κ1) is 23.1. The lowest BCUT2D eigenvalue weighted by Crippen LogP contribution is -2.44. The van der Waals surface area contributed by atoms with Crippen LogP contribution in [0.1, 0.15) is 12.8 Å². The molecule has 0 spiro atoms. The highest BCUT2D eigenvalue weighted by Crippen LogP contribution is 2.31. The van der Waals surface area contributed by atoms with Crippen LogP contribution in [0.2, 0.25) is 0 Å². The van der Waals surface area contributed by atoms with E-state index < -0.39 is 0 Å². The molecule has 0 aromatic carbocycles. The summed E-state index contributed by atoms with van der Waals surface area (Å²) in [6.45, 7) is 5.95. The molecule has 3 N–H and O–H groups in total. The Bertz CT molecular complexity index is 1580. The smallest absolute Gasteiger partial charge is 0.180 e. The molecule has 5 aromatic rings. The minimum Gasteiger partial charge on any atom is -0.489 e. The van der Waals surface area contributed by atoms with Gasteiger partial charge in [0.2, 0.25) is 0 Å². The molecule has 38 heavy (non-hydrogen) atoms. The average molecular weight is 511 g/mol. The topological polar surface area (TPSA) is 124 Å². The number of ether oxygens (including phenoxy) is 1. The summed E-state index contributed by atoms with van der Waals surface area (Å²) >= 11 is 0. The monoisotopic (exact) mass is 510 g/mol. The number of hydrogen-bond donors (Lipinski definition) is 3. The number of hydrogen-bond acceptors (Lipinski definition) is 9. The lowest BCUT2D eigenvalue weighted by molar-refractivity contribution is 0.162. The molecular weight excluding hydrogens is 480 g/mol. The largest absolute Gasteiger partial charge is 0.489 e. The van der Waals surface area contributed by atoms with Crippen molar-refractivity contribution < 1.29 is 4.74 Å². The normalized spacial score (nSPS) is 17.4. The van der Waals surface area contributed by atoms with E-state index >= 15 is 0 Å². The van der Waals surface area contributed by atoms with Crippen molar-refractivity contribution in [1.82, 2.24) is 45.3 Å². The molecule has 11 heteroatoms. The molecule has 0 radical (unpaired) electrons. The first-order valence-corrected chi connectivity index (χ1v) is 13.2. The molecule has 0 atom stereocenters. The number of aromatic nitrogens is 7. The van der Waals surface area contributed by atoms with Gasteiger partial charge in [-0.3, -0.25) is 10.1 Å². The number of anilines is 1. The number of rotatable bonds is 5. The summed E-state index contributed by atoms with van der Waals surface area (Å²) in [4.78, 5) is 26.9. The van der Waals surface area contributed by atoms with Gasteiger partial charge in [-0.25, -0.2) is 15.0 Å². The molecule has 0 unspecified atom stereocenters. The Kier molecular flexibility index (Phi) is 5.86. The Morgan fingerprint density at radius 2 is 1.87 bits per heavy atom. The molecule has 0 saturated carbocycles. The highest BCUT2D eigenvalue weighted by Gasteiger charge is 2.21. The highest BCUT2D eigenvalue weighted by molar-refractivity contribution is 5.93. The summed E-state index contributed by atoms with van der Waals surface area (Å²) < 4.78 is 6.21. The summed E-state index contributed by atoms with van der Waals surface area (Å²) in [5.41, 5.74) is 6.66. The van der Waals surface area contributed by atoms with Crippen molar-refractivity contribution >= 4 is 27.9 Å². The maximum Gasteiger partial charge on any atom is 0.180 e. The fourth-order valence-corrected chi connectivity index (χ4v) is 5.27. The SMILES string of the molecule is CN1CCN(c2ccnc3nc(-c4n[nH]c5ccc(-c6cncc(OC7CCNCC7)c6)nc45)[nH]c23)CC1. The first-order valence-electron chi connectivity index (χ1n) is 13.2. The standard InChI is InChI=1S/C27H30N10O/c1-36-10-12-37(13-11-36)22-6-9-30-26-24(22)32-27(33-26)25-23-21(34-35-25)3-2-20(31-23)17-14-19(16-29-15-17)38-18-4-7-28-8-5-18/h2-3,6,9,14-16,18,28H,4-5,7-8,10-13H2,1H3,(H,34,35)(H,30,32,33). The number of nitrogens with zero attached hydrogens (tertiary/aromatic N) is 7. The molecule has 0 bridgehead atoms. The molecule has 5 aromatic heterocycles. The third-order valence-electron chi connectivity index (χ3n) is 7.44. The Morgan fingerprint density at radius 1 is 1.00 bits per heavy atom. The van der Waals surface area contributed by atoms with Gasteiger partial charge in [0.1, 0.15) is 22.9 Å². The van der Waals surface area contributed by atoms with Gasteiger partial charge in [0.25, 0.3) is 0 Å². The third kappa shape index (κ3) is 4.33. The zero-order valence-corrected chi connectivity index (χ0v) is 21.3. The number of piperazine rings is 1. The second-order valence-corrected chi connectivity index (χ2v) is 10.0. The Hall–Kier alpha value is -4.09. The lowest BCUT2D eigenvalue weighted by atomic mass is 10.1. The maximum atomic E-state index is 6.21. The number of piperidine rings is 1. The fourth-order valence-electron chi connectivity index (χ4n) is 5.27. The van der Waals surface area contributed by atoms with Gasteiger partial charge in [-0.1, -0.05) is 0 Å². The van der Waals surface area contributed by atoms with Crippen molar-refractivity contribution in [2.45, 2.75) is 18.9 Å². The molecule has 7 heterocycles. The first-order chi connectivity index (χ1) is 18.7. The fraction of sp³-hybridized carbons (Fsp3) is 0.370. The minimum absolute atomic E-state index is 0.210. The van der Waals surface area contributed by atoms with Crippen LogP contribution in [-0.2, 0) is 0 Å². The van der Waals surface area contributed by atoms with Crippen LogP contribution in [0.5, 0.6) is 5.75 Å². The van der Waals surface area contributed by atoms with E-state index in [1.165, 1.54) is 0 Å². The van der Waals surface area contributed by atoms with Crippen molar-refractivity contribution in [3.63, 3.8) is 0 Å². The van der Waals surface area contributed by atoms with E-state index in [2.05, 4.69) is 53.4 Å². The van der Waals surface area contributed by atoms with E-state index in [4.69, 9.17) is 14.7 Å². The molecule has 0 aliphatic carbocycles. The number of nitrogens with one attached hydrogen (secondary N) is 3. The van der Waals surface area contributed by atoms with Gasteiger partial charge < -0.3 is 24.8 Å². The van der Waals surface area contributed by atoms with Crippen LogP contribution in [-0.4, -0.2) is 92.4 Å². The zero-order valence-electron chi connectivity index (χ0n) is 21.3. The van der Waals surface area contributed by atoms with Crippen LogP contribution < -0.4 is 15.0 Å². The molecule has 2 aliphatic rings. The number of likely N-dealkylation sites (N-methyl/N-ethyl adjacent to an activating group) is 1. The van der Waals surface area contributed by atoms with Gasteiger partial charge in [-0.05, 0) is 57.2 Å². The van der Waals surface area contributed by atoms with Crippen LogP contribution >= 0.6 is 0 Å². The summed E-state index contributed by atoms with van der Waals surface area (Å²) in [5, 5.41) is 11.0. The average Bonchev–Trinajstić information content (AvgIpc) is 3.58. The number of imidazole rings is 1. The third-order valence-corrected chi connectivity index (χ3v) is 7.44. The van der Waals surface area contributed by atoms with Crippen molar-refractivity contribution in [1.29, 1.82) is 0 Å². The molecule has 7 rings (SSSR count). The van der Waals surface area contributed by atoms with Gasteiger partial charge >= 0.3 is 0 Å². The summed E-state index contributed by atoms with van der Waals surface area (Å²) in [5.74, 6) is 1.41. The van der Waals surface area contributed by atoms with Crippen LogP contribution in [0.15, 0.2) is 42.9 Å². The molecule has 0 amide bonds. The molecule has 194 valence electrons. The predicted octanol–water partition coefficient (Wildman–Crippen LogP) is 2.84. The van der Waals surface area contributed by atoms with E-state index in [1.54, 1.807) is 6.20 Å². The number of pyridine rings is 3. The van der Waals surface area contributed by atoms with Gasteiger partial charge in [0.05, 0.1) is 23.1 Å². The summed E-state index contributed by atoms with van der Waals surface area (Å²) in [7, 11) is 2.16. The molecule has 2 aliphatic heterocycles. The highest BCUT2D eigenvalue weighted by atomic mass is 16.5. The minimum atomic E-state index is 0.210. The molecule has 2 fully saturated rings. The van der Waals surface area contributed by atoms with Crippen LogP contribution in [0.25, 0.3) is 45.0 Å². The molecule has 11 nitrogen and oxygen atoms in total. The zero-order chi connectivity index (χ0) is 25.5. The van der Waals surface area contributed by atoms with Crippen molar-refractivity contribution in [3.05, 3.63) is 42.9 Å².